The molecule has 2 heterocycles. The molecule has 0 aliphatic heterocycles. The molecule has 0 unspecified atom stereocenters. The van der Waals surface area contributed by atoms with Gasteiger partial charge in [0.25, 0.3) is 0 Å². The van der Waals surface area contributed by atoms with Gasteiger partial charge in [0.15, 0.2) is 0 Å². The molecule has 0 saturated carbocycles. The smallest absolute Gasteiger partial charge is 0.0673 e. The van der Waals surface area contributed by atoms with E-state index in [2.05, 4.69) is 15.3 Å². The number of aryl methyl sites for hydroxylation is 2. The molecule has 0 saturated heterocycles. The van der Waals surface area contributed by atoms with Gasteiger partial charge in [0, 0.05) is 30.6 Å². The Kier molecular flexibility index (Phi) is 1.46. The molecule has 12 heavy (non-hydrogen) atoms. The van der Waals surface area contributed by atoms with Crippen molar-refractivity contribution in [2.45, 2.75) is 6.92 Å². The van der Waals surface area contributed by atoms with Crippen molar-refractivity contribution in [1.82, 2.24) is 20.0 Å². The van der Waals surface area contributed by atoms with Crippen LogP contribution in [0.25, 0.3) is 11.1 Å². The summed E-state index contributed by atoms with van der Waals surface area (Å²) in [5.74, 6) is 0. The topological polar surface area (TPSA) is 46.5 Å². The van der Waals surface area contributed by atoms with E-state index in [1.54, 1.807) is 10.9 Å². The molecule has 0 aliphatic rings. The molecule has 0 bridgehead atoms. The van der Waals surface area contributed by atoms with E-state index in [1.807, 2.05) is 26.4 Å². The van der Waals surface area contributed by atoms with Crippen LogP contribution in [0.3, 0.4) is 0 Å². The van der Waals surface area contributed by atoms with Crippen LogP contribution in [0.1, 0.15) is 5.69 Å². The van der Waals surface area contributed by atoms with Gasteiger partial charge >= 0.3 is 0 Å². The Labute approximate surface area is 70.2 Å². The Morgan fingerprint density at radius 3 is 2.83 bits per heavy atom. The first kappa shape index (κ1) is 7.09. The van der Waals surface area contributed by atoms with Crippen LogP contribution in [0.15, 0.2) is 18.6 Å². The van der Waals surface area contributed by atoms with Crippen molar-refractivity contribution in [3.05, 3.63) is 24.3 Å². The first-order chi connectivity index (χ1) is 5.77. The van der Waals surface area contributed by atoms with Gasteiger partial charge < -0.3 is 0 Å². The molecule has 0 aliphatic carbocycles. The van der Waals surface area contributed by atoms with Gasteiger partial charge in [-0.2, -0.15) is 10.2 Å². The zero-order valence-electron chi connectivity index (χ0n) is 7.07. The van der Waals surface area contributed by atoms with E-state index in [-0.39, 0.29) is 0 Å². The Morgan fingerprint density at radius 1 is 1.50 bits per heavy atom. The Hall–Kier alpha value is -1.58. The van der Waals surface area contributed by atoms with Crippen molar-refractivity contribution >= 4 is 0 Å². The molecular formula is C8H10N4. The molecule has 2 aromatic rings. The predicted octanol–water partition coefficient (Wildman–Crippen LogP) is 1.12. The zero-order chi connectivity index (χ0) is 8.55. The largest absolute Gasteiger partial charge is 0.285 e. The van der Waals surface area contributed by atoms with E-state index in [9.17, 15) is 0 Å². The minimum Gasteiger partial charge on any atom is -0.285 e. The molecule has 0 amide bonds. The van der Waals surface area contributed by atoms with E-state index in [4.69, 9.17) is 0 Å². The van der Waals surface area contributed by atoms with Crippen molar-refractivity contribution < 1.29 is 0 Å². The fraction of sp³-hybridized carbons (Fsp3) is 0.250. The maximum Gasteiger partial charge on any atom is 0.0673 e. The summed E-state index contributed by atoms with van der Waals surface area (Å²) < 4.78 is 1.80. The van der Waals surface area contributed by atoms with Gasteiger partial charge in [-0.15, -0.1) is 0 Å². The highest BCUT2D eigenvalue weighted by Crippen LogP contribution is 2.19. The highest BCUT2D eigenvalue weighted by Gasteiger charge is 2.05. The fourth-order valence-electron chi connectivity index (χ4n) is 1.28. The first-order valence-corrected chi connectivity index (χ1v) is 3.77. The summed E-state index contributed by atoms with van der Waals surface area (Å²) in [7, 11) is 1.91. The SMILES string of the molecule is Cc1nn(C)cc1-c1cn[nH]c1. The zero-order valence-corrected chi connectivity index (χ0v) is 7.07. The second-order valence-corrected chi connectivity index (χ2v) is 2.79. The number of nitrogens with one attached hydrogen (secondary N) is 1. The average Bonchev–Trinajstić information content (AvgIpc) is 2.58. The molecule has 0 atom stereocenters. The number of nitrogens with zero attached hydrogens (tertiary/aromatic N) is 3. The van der Waals surface area contributed by atoms with E-state index < -0.39 is 0 Å². The minimum atomic E-state index is 1.03. The van der Waals surface area contributed by atoms with Crippen LogP contribution in [0.2, 0.25) is 0 Å². The third-order valence-corrected chi connectivity index (χ3v) is 1.82. The van der Waals surface area contributed by atoms with Crippen molar-refractivity contribution in [2.75, 3.05) is 0 Å². The average molecular weight is 162 g/mol. The van der Waals surface area contributed by atoms with Crippen molar-refractivity contribution in [1.29, 1.82) is 0 Å². The molecule has 4 nitrogen and oxygen atoms in total. The Balaban J connectivity index is 2.54. The lowest BCUT2D eigenvalue weighted by Crippen LogP contribution is -1.86. The minimum absolute atomic E-state index is 1.03. The summed E-state index contributed by atoms with van der Waals surface area (Å²) in [5.41, 5.74) is 3.24. The molecule has 0 radical (unpaired) electrons. The molecule has 2 aromatic heterocycles. The molecule has 0 aromatic carbocycles. The van der Waals surface area contributed by atoms with Crippen LogP contribution >= 0.6 is 0 Å². The number of hydrogen-bond acceptors (Lipinski definition) is 2. The van der Waals surface area contributed by atoms with E-state index in [1.165, 1.54) is 0 Å². The monoisotopic (exact) mass is 162 g/mol. The number of aromatic amines is 1. The highest BCUT2D eigenvalue weighted by molar-refractivity contribution is 5.63. The maximum absolute atomic E-state index is 4.24. The number of hydrogen-bond donors (Lipinski definition) is 1. The summed E-state index contributed by atoms with van der Waals surface area (Å²) in [5, 5.41) is 10.9. The third kappa shape index (κ3) is 1.01. The highest BCUT2D eigenvalue weighted by atomic mass is 15.2. The summed E-state index contributed by atoms with van der Waals surface area (Å²) in [6.45, 7) is 1.99. The standard InChI is InChI=1S/C8H10N4/c1-6-8(5-12(2)11-6)7-3-9-10-4-7/h3-5H,1-2H3,(H,9,10). The quantitative estimate of drug-likeness (QED) is 0.683. The van der Waals surface area contributed by atoms with Gasteiger partial charge in [-0.1, -0.05) is 0 Å². The first-order valence-electron chi connectivity index (χ1n) is 3.77. The second-order valence-electron chi connectivity index (χ2n) is 2.79. The van der Waals surface area contributed by atoms with Gasteiger partial charge in [-0.25, -0.2) is 0 Å². The number of aromatic nitrogens is 4. The maximum atomic E-state index is 4.24. The van der Waals surface area contributed by atoms with Crippen LogP contribution in [0.4, 0.5) is 0 Å². The van der Waals surface area contributed by atoms with Gasteiger partial charge in [-0.05, 0) is 6.92 Å². The molecule has 62 valence electrons. The lowest BCUT2D eigenvalue weighted by Gasteiger charge is -1.88. The molecule has 2 rings (SSSR count). The van der Waals surface area contributed by atoms with Gasteiger partial charge in [0.1, 0.15) is 0 Å². The Morgan fingerprint density at radius 2 is 2.33 bits per heavy atom. The van der Waals surface area contributed by atoms with Gasteiger partial charge in [0.05, 0.1) is 11.9 Å². The van der Waals surface area contributed by atoms with Crippen LogP contribution in [-0.2, 0) is 7.05 Å². The van der Waals surface area contributed by atoms with Crippen molar-refractivity contribution in [3.63, 3.8) is 0 Å². The van der Waals surface area contributed by atoms with Crippen LogP contribution in [0, 0.1) is 6.92 Å². The normalized spacial score (nSPS) is 10.5. The fourth-order valence-corrected chi connectivity index (χ4v) is 1.28. The lowest BCUT2D eigenvalue weighted by atomic mass is 10.1. The van der Waals surface area contributed by atoms with Gasteiger partial charge in [0.2, 0.25) is 0 Å². The Bertz CT molecular complexity index is 372. The summed E-state index contributed by atoms with van der Waals surface area (Å²) >= 11 is 0. The number of rotatable bonds is 1. The van der Waals surface area contributed by atoms with Gasteiger partial charge in [-0.3, -0.25) is 9.78 Å². The molecule has 1 N–H and O–H groups in total. The van der Waals surface area contributed by atoms with Crippen LogP contribution < -0.4 is 0 Å². The summed E-state index contributed by atoms with van der Waals surface area (Å²) in [6, 6.07) is 0. The molecule has 0 fully saturated rings. The molecular weight excluding hydrogens is 152 g/mol. The molecule has 4 heteroatoms. The van der Waals surface area contributed by atoms with Crippen molar-refractivity contribution in [2.24, 2.45) is 7.05 Å². The summed E-state index contributed by atoms with van der Waals surface area (Å²) in [6.07, 6.45) is 5.65. The van der Waals surface area contributed by atoms with E-state index in [0.717, 1.165) is 16.8 Å². The van der Waals surface area contributed by atoms with Crippen LogP contribution in [0.5, 0.6) is 0 Å². The predicted molar refractivity (Wildman–Crippen MR) is 45.5 cm³/mol. The molecule has 0 spiro atoms. The lowest BCUT2D eigenvalue weighted by molar-refractivity contribution is 0.756. The van der Waals surface area contributed by atoms with E-state index in [0.29, 0.717) is 0 Å². The third-order valence-electron chi connectivity index (χ3n) is 1.82. The van der Waals surface area contributed by atoms with Crippen LogP contribution in [-0.4, -0.2) is 20.0 Å². The van der Waals surface area contributed by atoms with Crippen molar-refractivity contribution in [3.8, 4) is 11.1 Å². The number of H-pyrrole nitrogens is 1. The second kappa shape index (κ2) is 2.48. The van der Waals surface area contributed by atoms with E-state index >= 15 is 0 Å². The summed E-state index contributed by atoms with van der Waals surface area (Å²) in [4.78, 5) is 0.